The lowest BCUT2D eigenvalue weighted by Gasteiger charge is -2.11. The first-order chi connectivity index (χ1) is 8.47. The van der Waals surface area contributed by atoms with E-state index in [1.54, 1.807) is 6.07 Å². The van der Waals surface area contributed by atoms with Gasteiger partial charge in [-0.05, 0) is 52.2 Å². The zero-order chi connectivity index (χ0) is 13.3. The molecular formula is C11H7BrCl3N3. The first-order valence-corrected chi connectivity index (χ1v) is 6.81. The SMILES string of the molecule is Cc1cc(Br)c(Nc2nc(Cl)ncc2Cl)cc1Cl. The summed E-state index contributed by atoms with van der Waals surface area (Å²) in [7, 11) is 0. The Morgan fingerprint density at radius 1 is 1.17 bits per heavy atom. The van der Waals surface area contributed by atoms with Crippen LogP contribution in [0.2, 0.25) is 15.3 Å². The molecule has 0 fully saturated rings. The van der Waals surface area contributed by atoms with E-state index in [1.807, 2.05) is 13.0 Å². The maximum absolute atomic E-state index is 6.07. The number of rotatable bonds is 2. The Hall–Kier alpha value is -0.550. The van der Waals surface area contributed by atoms with Gasteiger partial charge in [0.1, 0.15) is 5.02 Å². The number of aryl methyl sites for hydroxylation is 1. The molecule has 18 heavy (non-hydrogen) atoms. The summed E-state index contributed by atoms with van der Waals surface area (Å²) in [6.45, 7) is 1.92. The minimum atomic E-state index is 0.122. The molecule has 0 aliphatic carbocycles. The van der Waals surface area contributed by atoms with Crippen LogP contribution in [0.4, 0.5) is 11.5 Å². The number of halogens is 4. The number of nitrogens with one attached hydrogen (secondary N) is 1. The van der Waals surface area contributed by atoms with E-state index in [0.717, 1.165) is 15.7 Å². The highest BCUT2D eigenvalue weighted by atomic mass is 79.9. The molecule has 0 saturated heterocycles. The van der Waals surface area contributed by atoms with Crippen LogP contribution in [0.5, 0.6) is 0 Å². The van der Waals surface area contributed by atoms with Gasteiger partial charge in [-0.2, -0.15) is 4.98 Å². The van der Waals surface area contributed by atoms with Crippen LogP contribution in [0.25, 0.3) is 0 Å². The molecule has 7 heteroatoms. The highest BCUT2D eigenvalue weighted by Gasteiger charge is 2.09. The minimum absolute atomic E-state index is 0.122. The van der Waals surface area contributed by atoms with Crippen LogP contribution in [-0.2, 0) is 0 Å². The maximum atomic E-state index is 6.07. The van der Waals surface area contributed by atoms with Gasteiger partial charge >= 0.3 is 0 Å². The zero-order valence-corrected chi connectivity index (χ0v) is 13.0. The van der Waals surface area contributed by atoms with Gasteiger partial charge in [-0.1, -0.05) is 23.2 Å². The molecule has 2 aromatic rings. The lowest BCUT2D eigenvalue weighted by Crippen LogP contribution is -1.97. The number of nitrogens with zero attached hydrogens (tertiary/aromatic N) is 2. The molecule has 2 rings (SSSR count). The largest absolute Gasteiger partial charge is 0.338 e. The Labute approximate surface area is 128 Å². The number of aromatic nitrogens is 2. The molecule has 94 valence electrons. The highest BCUT2D eigenvalue weighted by Crippen LogP contribution is 2.32. The van der Waals surface area contributed by atoms with Crippen LogP contribution < -0.4 is 5.32 Å². The number of hydrogen-bond donors (Lipinski definition) is 1. The normalized spacial score (nSPS) is 10.5. The van der Waals surface area contributed by atoms with Crippen LogP contribution in [0.15, 0.2) is 22.8 Å². The molecule has 1 N–H and O–H groups in total. The van der Waals surface area contributed by atoms with E-state index in [1.165, 1.54) is 6.20 Å². The van der Waals surface area contributed by atoms with Gasteiger partial charge in [-0.3, -0.25) is 0 Å². The van der Waals surface area contributed by atoms with Gasteiger partial charge in [0.25, 0.3) is 0 Å². The van der Waals surface area contributed by atoms with Crippen molar-refractivity contribution < 1.29 is 0 Å². The molecule has 0 unspecified atom stereocenters. The van der Waals surface area contributed by atoms with Crippen molar-refractivity contribution in [3.05, 3.63) is 43.7 Å². The van der Waals surface area contributed by atoms with Gasteiger partial charge in [0.05, 0.1) is 11.9 Å². The van der Waals surface area contributed by atoms with Gasteiger partial charge in [0.15, 0.2) is 5.82 Å². The molecule has 0 radical (unpaired) electrons. The number of benzene rings is 1. The molecule has 0 amide bonds. The topological polar surface area (TPSA) is 37.8 Å². The molecule has 0 spiro atoms. The van der Waals surface area contributed by atoms with E-state index in [0.29, 0.717) is 15.9 Å². The second-order valence-corrected chi connectivity index (χ2v) is 5.55. The molecule has 0 aliphatic heterocycles. The summed E-state index contributed by atoms with van der Waals surface area (Å²) in [5.74, 6) is 0.428. The second-order valence-electron chi connectivity index (χ2n) is 3.54. The first-order valence-electron chi connectivity index (χ1n) is 4.88. The van der Waals surface area contributed by atoms with Crippen molar-refractivity contribution in [3.63, 3.8) is 0 Å². The van der Waals surface area contributed by atoms with E-state index >= 15 is 0 Å². The van der Waals surface area contributed by atoms with Crippen molar-refractivity contribution in [3.8, 4) is 0 Å². The van der Waals surface area contributed by atoms with Gasteiger partial charge in [-0.15, -0.1) is 0 Å². The Bertz CT molecular complexity index is 604. The smallest absolute Gasteiger partial charge is 0.224 e. The summed E-state index contributed by atoms with van der Waals surface area (Å²) in [6, 6.07) is 3.69. The lowest BCUT2D eigenvalue weighted by molar-refractivity contribution is 1.17. The molecule has 0 bridgehead atoms. The minimum Gasteiger partial charge on any atom is -0.338 e. The fourth-order valence-corrected chi connectivity index (χ4v) is 2.30. The quantitative estimate of drug-likeness (QED) is 0.737. The molecule has 1 aromatic heterocycles. The van der Waals surface area contributed by atoms with Crippen LogP contribution in [-0.4, -0.2) is 9.97 Å². The van der Waals surface area contributed by atoms with E-state index in [4.69, 9.17) is 34.8 Å². The van der Waals surface area contributed by atoms with Crippen molar-refractivity contribution in [1.82, 2.24) is 9.97 Å². The van der Waals surface area contributed by atoms with Crippen LogP contribution in [0, 0.1) is 6.92 Å². The van der Waals surface area contributed by atoms with Crippen molar-refractivity contribution in [2.24, 2.45) is 0 Å². The predicted octanol–water partition coefficient (Wildman–Crippen LogP) is 5.25. The Morgan fingerprint density at radius 2 is 1.89 bits per heavy atom. The van der Waals surface area contributed by atoms with Gasteiger partial charge in [0.2, 0.25) is 5.28 Å². The van der Waals surface area contributed by atoms with Crippen LogP contribution in [0.1, 0.15) is 5.56 Å². The molecule has 0 aliphatic rings. The summed E-state index contributed by atoms with van der Waals surface area (Å²) >= 11 is 21.2. The summed E-state index contributed by atoms with van der Waals surface area (Å²) in [4.78, 5) is 7.79. The zero-order valence-electron chi connectivity index (χ0n) is 9.14. The molecule has 3 nitrogen and oxygen atoms in total. The van der Waals surface area contributed by atoms with E-state index in [9.17, 15) is 0 Å². The molecular weight excluding hydrogens is 360 g/mol. The van der Waals surface area contributed by atoms with Gasteiger partial charge in [-0.25, -0.2) is 4.98 Å². The molecule has 1 aromatic carbocycles. The average molecular weight is 367 g/mol. The summed E-state index contributed by atoms with van der Waals surface area (Å²) in [5, 5.41) is 4.20. The lowest BCUT2D eigenvalue weighted by atomic mass is 10.2. The van der Waals surface area contributed by atoms with Crippen LogP contribution >= 0.6 is 50.7 Å². The van der Waals surface area contributed by atoms with Crippen LogP contribution in [0.3, 0.4) is 0 Å². The first kappa shape index (κ1) is 13.9. The van der Waals surface area contributed by atoms with Crippen molar-refractivity contribution >= 4 is 62.2 Å². The highest BCUT2D eigenvalue weighted by molar-refractivity contribution is 9.10. The standard InChI is InChI=1S/C11H7BrCl3N3/c1-5-2-6(12)9(3-7(5)13)17-10-8(14)4-16-11(15)18-10/h2-4H,1H3,(H,16,17,18). The predicted molar refractivity (Wildman–Crippen MR) is 79.2 cm³/mol. The van der Waals surface area contributed by atoms with Crippen molar-refractivity contribution in [2.45, 2.75) is 6.92 Å². The van der Waals surface area contributed by atoms with E-state index < -0.39 is 0 Å². The Balaban J connectivity index is 2.40. The molecule has 1 heterocycles. The Kier molecular flexibility index (Phi) is 4.33. The number of anilines is 2. The molecule has 0 saturated carbocycles. The number of hydrogen-bond acceptors (Lipinski definition) is 3. The van der Waals surface area contributed by atoms with Crippen molar-refractivity contribution in [2.75, 3.05) is 5.32 Å². The third kappa shape index (κ3) is 3.06. The van der Waals surface area contributed by atoms with E-state index in [-0.39, 0.29) is 5.28 Å². The summed E-state index contributed by atoms with van der Waals surface area (Å²) in [6.07, 6.45) is 1.43. The monoisotopic (exact) mass is 365 g/mol. The fourth-order valence-electron chi connectivity index (χ4n) is 1.30. The molecule has 0 atom stereocenters. The van der Waals surface area contributed by atoms with E-state index in [2.05, 4.69) is 31.2 Å². The average Bonchev–Trinajstić information content (AvgIpc) is 2.30. The third-order valence-corrected chi connectivity index (χ3v) is 3.74. The van der Waals surface area contributed by atoms with Gasteiger partial charge < -0.3 is 5.32 Å². The summed E-state index contributed by atoms with van der Waals surface area (Å²) in [5.41, 5.74) is 1.73. The second kappa shape index (κ2) is 5.61. The van der Waals surface area contributed by atoms with Crippen molar-refractivity contribution in [1.29, 1.82) is 0 Å². The fraction of sp³-hybridized carbons (Fsp3) is 0.0909. The maximum Gasteiger partial charge on any atom is 0.224 e. The third-order valence-electron chi connectivity index (χ3n) is 2.22. The summed E-state index contributed by atoms with van der Waals surface area (Å²) < 4.78 is 0.857. The van der Waals surface area contributed by atoms with Gasteiger partial charge in [0, 0.05) is 9.50 Å². The Morgan fingerprint density at radius 3 is 2.61 bits per heavy atom.